The molecule has 2 heterocycles. The average molecular weight is 369 g/mol. The number of carbonyl (C=O) groups is 1. The van der Waals surface area contributed by atoms with E-state index in [0.29, 0.717) is 0 Å². The van der Waals surface area contributed by atoms with Crippen molar-refractivity contribution in [1.29, 1.82) is 0 Å². The lowest BCUT2D eigenvalue weighted by atomic mass is 10.3. The minimum absolute atomic E-state index is 0.0359. The molecule has 0 saturated carbocycles. The summed E-state index contributed by atoms with van der Waals surface area (Å²) in [5.74, 6) is -0.364. The summed E-state index contributed by atoms with van der Waals surface area (Å²) < 4.78 is 26.4. The fourth-order valence-electron chi connectivity index (χ4n) is 2.05. The summed E-state index contributed by atoms with van der Waals surface area (Å²) in [7, 11) is -0.861. The van der Waals surface area contributed by atoms with E-state index >= 15 is 0 Å². The zero-order chi connectivity index (χ0) is 17.9. The van der Waals surface area contributed by atoms with E-state index in [1.54, 1.807) is 0 Å². The minimum Gasteiger partial charge on any atom is -0.347 e. The Balaban J connectivity index is 2.17. The lowest BCUT2D eigenvalue weighted by Gasteiger charge is -2.15. The van der Waals surface area contributed by atoms with Crippen LogP contribution in [0.1, 0.15) is 17.8 Å². The monoisotopic (exact) mass is 369 g/mol. The highest BCUT2D eigenvalue weighted by molar-refractivity contribution is 7.89. The number of hydrogen-bond acceptors (Lipinski definition) is 5. The molecule has 0 aliphatic heterocycles. The fraction of sp³-hybridized carbons (Fsp3) is 0.333. The van der Waals surface area contributed by atoms with Crippen LogP contribution in [0.3, 0.4) is 0 Å². The van der Waals surface area contributed by atoms with Gasteiger partial charge in [0.1, 0.15) is 6.54 Å². The van der Waals surface area contributed by atoms with Crippen molar-refractivity contribution in [2.75, 3.05) is 14.1 Å². The zero-order valence-electron chi connectivity index (χ0n) is 13.6. The molecule has 0 aliphatic rings. The Labute approximate surface area is 144 Å². The molecule has 2 rings (SSSR count). The third kappa shape index (κ3) is 4.11. The molecule has 2 aromatic rings. The molecule has 9 heteroatoms. The van der Waals surface area contributed by atoms with Crippen LogP contribution in [0.5, 0.6) is 0 Å². The number of sulfonamides is 1. The number of amides is 1. The van der Waals surface area contributed by atoms with Crippen LogP contribution >= 0.6 is 11.3 Å². The van der Waals surface area contributed by atoms with Gasteiger partial charge in [0.25, 0.3) is 5.56 Å². The molecule has 0 unspecified atom stereocenters. The van der Waals surface area contributed by atoms with E-state index in [4.69, 9.17) is 0 Å². The Morgan fingerprint density at radius 1 is 1.33 bits per heavy atom. The third-order valence-corrected chi connectivity index (χ3v) is 6.25. The molecular formula is C15H19N3O4S2. The summed E-state index contributed by atoms with van der Waals surface area (Å²) in [6.07, 6.45) is 1.19. The van der Waals surface area contributed by atoms with Gasteiger partial charge in [-0.3, -0.25) is 9.59 Å². The molecule has 0 fully saturated rings. The van der Waals surface area contributed by atoms with E-state index in [2.05, 4.69) is 5.32 Å². The number of rotatable bonds is 6. The van der Waals surface area contributed by atoms with Gasteiger partial charge in [-0.25, -0.2) is 12.7 Å². The van der Waals surface area contributed by atoms with Gasteiger partial charge in [0.15, 0.2) is 0 Å². The van der Waals surface area contributed by atoms with Gasteiger partial charge < -0.3 is 9.88 Å². The Kier molecular flexibility index (Phi) is 5.58. The summed E-state index contributed by atoms with van der Waals surface area (Å²) >= 11 is 1.52. The predicted octanol–water partition coefficient (Wildman–Crippen LogP) is 1.04. The highest BCUT2D eigenvalue weighted by Crippen LogP contribution is 2.18. The van der Waals surface area contributed by atoms with Crippen molar-refractivity contribution < 1.29 is 13.2 Å². The summed E-state index contributed by atoms with van der Waals surface area (Å²) in [5, 5.41) is 4.71. The van der Waals surface area contributed by atoms with Crippen LogP contribution in [0, 0.1) is 0 Å². The van der Waals surface area contributed by atoms with Gasteiger partial charge in [-0.15, -0.1) is 11.3 Å². The standard InChI is InChI=1S/C15H19N3O4S2/c1-11(13-5-4-8-23-13)16-14(19)10-18-9-12(6-7-15(18)20)24(21,22)17(2)3/h4-9,11H,10H2,1-3H3,(H,16,19)/t11-/m0/s1. The van der Waals surface area contributed by atoms with Crippen molar-refractivity contribution in [1.82, 2.24) is 14.2 Å². The van der Waals surface area contributed by atoms with Crippen LogP contribution in [-0.2, 0) is 21.4 Å². The van der Waals surface area contributed by atoms with E-state index in [9.17, 15) is 18.0 Å². The highest BCUT2D eigenvalue weighted by atomic mass is 32.2. The van der Waals surface area contributed by atoms with Gasteiger partial charge in [-0.1, -0.05) is 6.07 Å². The van der Waals surface area contributed by atoms with Gasteiger partial charge in [0.2, 0.25) is 15.9 Å². The summed E-state index contributed by atoms with van der Waals surface area (Å²) in [6.45, 7) is 1.60. The van der Waals surface area contributed by atoms with Crippen molar-refractivity contribution in [3.63, 3.8) is 0 Å². The molecule has 130 valence electrons. The van der Waals surface area contributed by atoms with Crippen LogP contribution in [0.15, 0.2) is 45.5 Å². The Morgan fingerprint density at radius 2 is 2.04 bits per heavy atom. The van der Waals surface area contributed by atoms with Crippen molar-refractivity contribution >= 4 is 27.3 Å². The molecule has 0 saturated heterocycles. The average Bonchev–Trinajstić information content (AvgIpc) is 3.03. The maximum Gasteiger partial charge on any atom is 0.251 e. The number of nitrogens with zero attached hydrogens (tertiary/aromatic N) is 2. The molecule has 0 radical (unpaired) electrons. The molecule has 0 spiro atoms. The van der Waals surface area contributed by atoms with Gasteiger partial charge in [0, 0.05) is 31.2 Å². The van der Waals surface area contributed by atoms with Crippen LogP contribution < -0.4 is 10.9 Å². The number of hydrogen-bond donors (Lipinski definition) is 1. The molecule has 1 N–H and O–H groups in total. The van der Waals surface area contributed by atoms with Crippen LogP contribution in [0.25, 0.3) is 0 Å². The first-order valence-corrected chi connectivity index (χ1v) is 9.49. The van der Waals surface area contributed by atoms with Gasteiger partial charge in [-0.2, -0.15) is 0 Å². The van der Waals surface area contributed by atoms with Crippen molar-refractivity contribution in [2.24, 2.45) is 0 Å². The minimum atomic E-state index is -3.67. The Hall–Kier alpha value is -1.97. The second-order valence-corrected chi connectivity index (χ2v) is 8.55. The van der Waals surface area contributed by atoms with Crippen molar-refractivity contribution in [2.45, 2.75) is 24.4 Å². The molecule has 2 aromatic heterocycles. The first kappa shape index (κ1) is 18.4. The van der Waals surface area contributed by atoms with Gasteiger partial charge >= 0.3 is 0 Å². The van der Waals surface area contributed by atoms with E-state index in [1.807, 2.05) is 24.4 Å². The molecule has 0 aliphatic carbocycles. The van der Waals surface area contributed by atoms with Crippen LogP contribution in [0.4, 0.5) is 0 Å². The molecule has 24 heavy (non-hydrogen) atoms. The normalized spacial score (nSPS) is 13.0. The predicted molar refractivity (Wildman–Crippen MR) is 92.5 cm³/mol. The Bertz CT molecular complexity index is 870. The van der Waals surface area contributed by atoms with Crippen LogP contribution in [-0.4, -0.2) is 37.3 Å². The SMILES string of the molecule is C[C@H](NC(=O)Cn1cc(S(=O)(=O)N(C)C)ccc1=O)c1cccs1. The number of aromatic nitrogens is 1. The highest BCUT2D eigenvalue weighted by Gasteiger charge is 2.19. The molecule has 0 aromatic carbocycles. The number of thiophene rings is 1. The van der Waals surface area contributed by atoms with E-state index in [1.165, 1.54) is 37.7 Å². The quantitative estimate of drug-likeness (QED) is 0.824. The van der Waals surface area contributed by atoms with Gasteiger partial charge in [0.05, 0.1) is 10.9 Å². The number of carbonyl (C=O) groups excluding carboxylic acids is 1. The van der Waals surface area contributed by atoms with Crippen molar-refractivity contribution in [3.05, 3.63) is 51.1 Å². The van der Waals surface area contributed by atoms with Crippen LogP contribution in [0.2, 0.25) is 0 Å². The summed E-state index contributed by atoms with van der Waals surface area (Å²) in [6, 6.07) is 6.00. The van der Waals surface area contributed by atoms with E-state index in [0.717, 1.165) is 19.8 Å². The zero-order valence-corrected chi connectivity index (χ0v) is 15.2. The molecule has 1 amide bonds. The van der Waals surface area contributed by atoms with Gasteiger partial charge in [-0.05, 0) is 24.4 Å². The van der Waals surface area contributed by atoms with Crippen molar-refractivity contribution in [3.8, 4) is 0 Å². The maximum absolute atomic E-state index is 12.1. The number of nitrogens with one attached hydrogen (secondary N) is 1. The topological polar surface area (TPSA) is 88.5 Å². The molecular weight excluding hydrogens is 350 g/mol. The third-order valence-electron chi connectivity index (χ3n) is 3.40. The number of pyridine rings is 1. The summed E-state index contributed by atoms with van der Waals surface area (Å²) in [4.78, 5) is 25.0. The lowest BCUT2D eigenvalue weighted by Crippen LogP contribution is -2.34. The van der Waals surface area contributed by atoms with E-state index in [-0.39, 0.29) is 23.4 Å². The lowest BCUT2D eigenvalue weighted by molar-refractivity contribution is -0.122. The molecule has 0 bridgehead atoms. The first-order valence-electron chi connectivity index (χ1n) is 7.17. The Morgan fingerprint density at radius 3 is 2.62 bits per heavy atom. The first-order chi connectivity index (χ1) is 11.2. The fourth-order valence-corrected chi connectivity index (χ4v) is 3.70. The second-order valence-electron chi connectivity index (χ2n) is 5.42. The maximum atomic E-state index is 12.1. The van der Waals surface area contributed by atoms with E-state index < -0.39 is 15.6 Å². The molecule has 7 nitrogen and oxygen atoms in total. The second kappa shape index (κ2) is 7.29. The summed E-state index contributed by atoms with van der Waals surface area (Å²) in [5.41, 5.74) is -0.438. The molecule has 1 atom stereocenters. The smallest absolute Gasteiger partial charge is 0.251 e. The largest absolute Gasteiger partial charge is 0.347 e.